The molecular weight excluding hydrogens is 522 g/mol. The molecular formula is C33H43NO5S. The maximum atomic E-state index is 13.2. The van der Waals surface area contributed by atoms with Crippen molar-refractivity contribution in [1.82, 2.24) is 4.90 Å². The largest absolute Gasteiger partial charge is 0.455 e. The minimum absolute atomic E-state index is 0.0742. The summed E-state index contributed by atoms with van der Waals surface area (Å²) in [6, 6.07) is 18.8. The number of thioether (sulfide) groups is 1. The molecule has 40 heavy (non-hydrogen) atoms. The highest BCUT2D eigenvalue weighted by Gasteiger charge is 2.45. The normalized spacial score (nSPS) is 21.7. The van der Waals surface area contributed by atoms with Crippen molar-refractivity contribution in [2.24, 2.45) is 5.92 Å². The summed E-state index contributed by atoms with van der Waals surface area (Å²) in [4.78, 5) is 27.1. The molecule has 216 valence electrons. The number of ketones is 1. The number of benzene rings is 2. The number of unbranched alkanes of at least 4 members (excludes halogenated alkanes) is 2. The summed E-state index contributed by atoms with van der Waals surface area (Å²) in [5.41, 5.74) is 3.51. The number of hydrogen-bond acceptors (Lipinski definition) is 7. The van der Waals surface area contributed by atoms with Crippen LogP contribution in [0.15, 0.2) is 66.7 Å². The van der Waals surface area contributed by atoms with Crippen LogP contribution < -0.4 is 0 Å². The highest BCUT2D eigenvalue weighted by atomic mass is 32.2. The van der Waals surface area contributed by atoms with Gasteiger partial charge in [-0.1, -0.05) is 66.7 Å². The minimum atomic E-state index is -0.114. The van der Waals surface area contributed by atoms with E-state index in [4.69, 9.17) is 14.2 Å². The third-order valence-electron chi connectivity index (χ3n) is 7.75. The lowest BCUT2D eigenvalue weighted by atomic mass is 9.93. The van der Waals surface area contributed by atoms with Crippen molar-refractivity contribution in [2.75, 3.05) is 38.5 Å². The Bertz CT molecular complexity index is 1070. The van der Waals surface area contributed by atoms with Crippen LogP contribution in [-0.2, 0) is 30.4 Å². The smallest absolute Gasteiger partial charge is 0.306 e. The van der Waals surface area contributed by atoms with E-state index in [0.717, 1.165) is 50.8 Å². The number of rotatable bonds is 15. The summed E-state index contributed by atoms with van der Waals surface area (Å²) in [7, 11) is 0. The molecule has 1 heterocycles. The van der Waals surface area contributed by atoms with Gasteiger partial charge in [0.1, 0.15) is 5.94 Å². The van der Waals surface area contributed by atoms with E-state index < -0.39 is 0 Å². The number of morpholine rings is 1. The maximum Gasteiger partial charge on any atom is 0.306 e. The quantitative estimate of drug-likeness (QED) is 0.109. The van der Waals surface area contributed by atoms with Gasteiger partial charge in [0.15, 0.2) is 5.78 Å². The van der Waals surface area contributed by atoms with Gasteiger partial charge in [-0.25, -0.2) is 0 Å². The summed E-state index contributed by atoms with van der Waals surface area (Å²) in [5.74, 6) is 0.786. The molecule has 4 rings (SSSR count). The highest BCUT2D eigenvalue weighted by molar-refractivity contribution is 7.98. The summed E-state index contributed by atoms with van der Waals surface area (Å²) in [5, 5.41) is 0. The topological polar surface area (TPSA) is 65.1 Å². The van der Waals surface area contributed by atoms with Crippen LogP contribution in [0.1, 0.15) is 50.5 Å². The molecule has 0 N–H and O–H groups in total. The Kier molecular flexibility index (Phi) is 12.8. The molecule has 6 nitrogen and oxygen atoms in total. The molecule has 1 unspecified atom stereocenters. The van der Waals surface area contributed by atoms with Crippen LogP contribution in [-0.4, -0.2) is 67.3 Å². The predicted octanol–water partition coefficient (Wildman–Crippen LogP) is 6.29. The number of allylic oxidation sites excluding steroid dienone is 2. The van der Waals surface area contributed by atoms with E-state index >= 15 is 0 Å². The lowest BCUT2D eigenvalue weighted by Crippen LogP contribution is -2.49. The van der Waals surface area contributed by atoms with Crippen molar-refractivity contribution in [3.05, 3.63) is 72.3 Å². The molecule has 0 aromatic heterocycles. The second-order valence-corrected chi connectivity index (χ2v) is 11.4. The van der Waals surface area contributed by atoms with Crippen LogP contribution in [0, 0.1) is 5.92 Å². The summed E-state index contributed by atoms with van der Waals surface area (Å²) < 4.78 is 17.1. The van der Waals surface area contributed by atoms with Crippen LogP contribution in [0.2, 0.25) is 0 Å². The van der Waals surface area contributed by atoms with Crippen LogP contribution in [0.25, 0.3) is 11.1 Å². The van der Waals surface area contributed by atoms with Crippen LogP contribution in [0.5, 0.6) is 0 Å². The highest BCUT2D eigenvalue weighted by Crippen LogP contribution is 2.35. The van der Waals surface area contributed by atoms with E-state index in [1.54, 1.807) is 0 Å². The first-order chi connectivity index (χ1) is 19.7. The molecule has 1 saturated carbocycles. The zero-order chi connectivity index (χ0) is 28.0. The van der Waals surface area contributed by atoms with E-state index in [-0.39, 0.29) is 24.0 Å². The Balaban J connectivity index is 1.28. The molecule has 3 atom stereocenters. The van der Waals surface area contributed by atoms with Gasteiger partial charge in [-0.2, -0.15) is 0 Å². The van der Waals surface area contributed by atoms with Crippen molar-refractivity contribution >= 4 is 23.5 Å². The molecule has 2 aliphatic rings. The summed E-state index contributed by atoms with van der Waals surface area (Å²) in [6.07, 6.45) is 11.8. The van der Waals surface area contributed by atoms with E-state index in [0.29, 0.717) is 44.4 Å². The Labute approximate surface area is 243 Å². The summed E-state index contributed by atoms with van der Waals surface area (Å²) >= 11 is 1.51. The lowest BCUT2D eigenvalue weighted by molar-refractivity contribution is -0.141. The fraction of sp³-hybridized carbons (Fsp3) is 0.515. The van der Waals surface area contributed by atoms with Gasteiger partial charge in [0, 0.05) is 31.8 Å². The van der Waals surface area contributed by atoms with Crippen molar-refractivity contribution < 1.29 is 23.8 Å². The number of nitrogens with zero attached hydrogens (tertiary/aromatic N) is 1. The Morgan fingerprint density at radius 1 is 1.00 bits per heavy atom. The van der Waals surface area contributed by atoms with Crippen LogP contribution >= 0.6 is 11.8 Å². The second-order valence-electron chi connectivity index (χ2n) is 10.6. The molecule has 2 aromatic carbocycles. The first-order valence-corrected chi connectivity index (χ1v) is 15.9. The molecule has 1 aliphatic carbocycles. The predicted molar refractivity (Wildman–Crippen MR) is 161 cm³/mol. The fourth-order valence-electron chi connectivity index (χ4n) is 5.65. The lowest BCUT2D eigenvalue weighted by Gasteiger charge is -2.35. The first-order valence-electron chi connectivity index (χ1n) is 14.6. The standard InChI is InChI=1S/C33H43NO5S/c1-40-25-39-32(36)14-10-5-3-2-4-9-13-29-31(23-30(35)33(29)34-19-21-37-22-20-34)38-24-26-15-17-28(18-16-26)27-11-7-6-8-12-27/h2,4,6-8,11-12,15-18,29,31,33H,3,5,9-10,13-14,19-25H2,1H3/b4-2-/t29?,31-,33+/m0/s1. The summed E-state index contributed by atoms with van der Waals surface area (Å²) in [6.45, 7) is 3.47. The SMILES string of the molecule is CSCOC(=O)CCCC/C=C\CCC1[C@@H](OCc2ccc(-c3ccccc3)cc2)CC(=O)[C@@H]1N1CCOCC1. The molecule has 0 bridgehead atoms. The third-order valence-corrected chi connectivity index (χ3v) is 8.11. The maximum absolute atomic E-state index is 13.2. The van der Waals surface area contributed by atoms with Gasteiger partial charge in [-0.3, -0.25) is 14.5 Å². The van der Waals surface area contributed by atoms with Gasteiger partial charge in [0.2, 0.25) is 0 Å². The van der Waals surface area contributed by atoms with Crippen molar-refractivity contribution in [3.63, 3.8) is 0 Å². The molecule has 0 amide bonds. The minimum Gasteiger partial charge on any atom is -0.455 e. The molecule has 2 aromatic rings. The third kappa shape index (κ3) is 9.30. The van der Waals surface area contributed by atoms with Gasteiger partial charge < -0.3 is 14.2 Å². The van der Waals surface area contributed by atoms with Crippen LogP contribution in [0.4, 0.5) is 0 Å². The Hall–Kier alpha value is -2.45. The number of ether oxygens (including phenoxy) is 3. The van der Waals surface area contributed by atoms with E-state index in [1.165, 1.54) is 22.9 Å². The Morgan fingerprint density at radius 3 is 2.48 bits per heavy atom. The van der Waals surface area contributed by atoms with Crippen molar-refractivity contribution in [3.8, 4) is 11.1 Å². The van der Waals surface area contributed by atoms with Gasteiger partial charge in [-0.15, -0.1) is 11.8 Å². The molecule has 1 saturated heterocycles. The average Bonchev–Trinajstić information content (AvgIpc) is 3.31. The van der Waals surface area contributed by atoms with Crippen molar-refractivity contribution in [2.45, 2.75) is 63.7 Å². The van der Waals surface area contributed by atoms with Gasteiger partial charge in [-0.05, 0) is 55.1 Å². The zero-order valence-corrected chi connectivity index (χ0v) is 24.5. The van der Waals surface area contributed by atoms with Gasteiger partial charge in [0.25, 0.3) is 0 Å². The monoisotopic (exact) mass is 565 g/mol. The van der Waals surface area contributed by atoms with Crippen LogP contribution in [0.3, 0.4) is 0 Å². The zero-order valence-electron chi connectivity index (χ0n) is 23.7. The molecule has 0 radical (unpaired) electrons. The van der Waals surface area contributed by atoms with E-state index in [9.17, 15) is 9.59 Å². The molecule has 7 heteroatoms. The Morgan fingerprint density at radius 2 is 1.73 bits per heavy atom. The van der Waals surface area contributed by atoms with E-state index in [2.05, 4.69) is 65.6 Å². The second kappa shape index (κ2) is 16.7. The molecule has 0 spiro atoms. The number of esters is 1. The number of Topliss-reactive ketones (excluding diaryl/α,β-unsaturated/α-hetero) is 1. The van der Waals surface area contributed by atoms with E-state index in [1.807, 2.05) is 12.3 Å². The number of hydrogen-bond donors (Lipinski definition) is 0. The van der Waals surface area contributed by atoms with Crippen molar-refractivity contribution in [1.29, 1.82) is 0 Å². The molecule has 1 aliphatic heterocycles. The fourth-order valence-corrected chi connectivity index (χ4v) is 5.90. The molecule has 2 fully saturated rings. The first kappa shape index (κ1) is 30.5. The van der Waals surface area contributed by atoms with Gasteiger partial charge in [0.05, 0.1) is 32.0 Å². The van der Waals surface area contributed by atoms with Gasteiger partial charge >= 0.3 is 5.97 Å². The number of carbonyl (C=O) groups is 2. The number of carbonyl (C=O) groups excluding carboxylic acids is 2. The average molecular weight is 566 g/mol.